The number of sulfone groups is 1. The fraction of sp³-hybridized carbons (Fsp3) is 0.333. The molecule has 0 saturated carbocycles. The van der Waals surface area contributed by atoms with E-state index in [2.05, 4.69) is 4.99 Å². The predicted molar refractivity (Wildman–Crippen MR) is 122 cm³/mol. The van der Waals surface area contributed by atoms with Gasteiger partial charge in [-0.25, -0.2) is 8.42 Å². The molecule has 2 fully saturated rings. The van der Waals surface area contributed by atoms with E-state index in [1.807, 2.05) is 0 Å². The molecule has 0 spiro atoms. The molecule has 1 amide bonds. The van der Waals surface area contributed by atoms with Crippen LogP contribution >= 0.6 is 23.4 Å². The van der Waals surface area contributed by atoms with Crippen LogP contribution in [0.25, 0.3) is 0 Å². The van der Waals surface area contributed by atoms with Gasteiger partial charge >= 0.3 is 6.18 Å². The van der Waals surface area contributed by atoms with E-state index < -0.39 is 38.8 Å². The Morgan fingerprint density at radius 1 is 1.24 bits per heavy atom. The summed E-state index contributed by atoms with van der Waals surface area (Å²) in [5.74, 6) is -0.463. The zero-order chi connectivity index (χ0) is 24.0. The second kappa shape index (κ2) is 8.84. The number of carbonyl (C=O) groups is 1. The van der Waals surface area contributed by atoms with Crippen LogP contribution in [0.1, 0.15) is 11.1 Å². The third-order valence-electron chi connectivity index (χ3n) is 5.35. The Kier molecular flexibility index (Phi) is 6.41. The van der Waals surface area contributed by atoms with Crippen molar-refractivity contribution in [3.8, 4) is 5.75 Å². The standard InChI is InChI=1S/C21H18ClF3N2O4S2/c1-31-17-5-3-2-4-12(17)8-19(28)26-20-27(16-10-33(29,30)11-18(16)32-20)15-9-13(21(23,24)25)6-7-14(15)22/h2-7,9,16,18H,8,10-11H2,1H3/t16-,18+/m1/s1. The number of halogens is 4. The summed E-state index contributed by atoms with van der Waals surface area (Å²) in [5.41, 5.74) is -0.368. The summed E-state index contributed by atoms with van der Waals surface area (Å²) >= 11 is 7.30. The number of amides is 1. The summed E-state index contributed by atoms with van der Waals surface area (Å²) in [6, 6.07) is 9.04. The number of hydrogen-bond donors (Lipinski definition) is 0. The number of ether oxygens (including phenoxy) is 1. The number of fused-ring (bicyclic) bond motifs is 1. The molecular weight excluding hydrogens is 501 g/mol. The van der Waals surface area contributed by atoms with Crippen molar-refractivity contribution in [3.05, 3.63) is 58.6 Å². The largest absolute Gasteiger partial charge is 0.496 e. The van der Waals surface area contributed by atoms with Crippen molar-refractivity contribution < 1.29 is 31.1 Å². The summed E-state index contributed by atoms with van der Waals surface area (Å²) in [6.07, 6.45) is -4.71. The van der Waals surface area contributed by atoms with Gasteiger partial charge in [-0.05, 0) is 24.3 Å². The first-order chi connectivity index (χ1) is 15.5. The second-order valence-corrected chi connectivity index (χ2v) is 11.4. The number of aliphatic imine (C=N–C) groups is 1. The smallest absolute Gasteiger partial charge is 0.416 e. The van der Waals surface area contributed by atoms with Crippen LogP contribution in [0.2, 0.25) is 5.02 Å². The van der Waals surface area contributed by atoms with Crippen molar-refractivity contribution in [2.75, 3.05) is 23.5 Å². The van der Waals surface area contributed by atoms with E-state index in [1.165, 1.54) is 12.0 Å². The molecule has 0 aliphatic carbocycles. The molecule has 2 aromatic rings. The Labute approximate surface area is 197 Å². The number of anilines is 1. The van der Waals surface area contributed by atoms with Crippen LogP contribution in [0.15, 0.2) is 47.5 Å². The molecular formula is C21H18ClF3N2O4S2. The van der Waals surface area contributed by atoms with Gasteiger partial charge < -0.3 is 9.64 Å². The van der Waals surface area contributed by atoms with Crippen LogP contribution in [0, 0.1) is 0 Å². The third-order valence-corrected chi connectivity index (χ3v) is 8.88. The lowest BCUT2D eigenvalue weighted by molar-refractivity contribution is -0.137. The van der Waals surface area contributed by atoms with Crippen LogP contribution in [0.4, 0.5) is 18.9 Å². The van der Waals surface area contributed by atoms with Crippen LogP contribution in [-0.4, -0.2) is 49.4 Å². The van der Waals surface area contributed by atoms with Gasteiger partial charge in [0.25, 0.3) is 5.91 Å². The van der Waals surface area contributed by atoms with Gasteiger partial charge in [-0.2, -0.15) is 18.2 Å². The molecule has 33 heavy (non-hydrogen) atoms. The first-order valence-electron chi connectivity index (χ1n) is 9.75. The van der Waals surface area contributed by atoms with Gasteiger partial charge in [0, 0.05) is 10.8 Å². The highest BCUT2D eigenvalue weighted by Crippen LogP contribution is 2.44. The number of para-hydroxylation sites is 1. The van der Waals surface area contributed by atoms with Crippen LogP contribution in [0.3, 0.4) is 0 Å². The number of carbonyl (C=O) groups excluding carboxylic acids is 1. The summed E-state index contributed by atoms with van der Waals surface area (Å²) in [7, 11) is -1.92. The summed E-state index contributed by atoms with van der Waals surface area (Å²) in [4.78, 5) is 18.3. The van der Waals surface area contributed by atoms with Crippen molar-refractivity contribution >= 4 is 50.0 Å². The molecule has 12 heteroatoms. The van der Waals surface area contributed by atoms with E-state index >= 15 is 0 Å². The van der Waals surface area contributed by atoms with Crippen molar-refractivity contribution in [3.63, 3.8) is 0 Å². The van der Waals surface area contributed by atoms with Gasteiger partial charge in [0.1, 0.15) is 5.75 Å². The van der Waals surface area contributed by atoms with E-state index in [-0.39, 0.29) is 33.8 Å². The lowest BCUT2D eigenvalue weighted by atomic mass is 10.1. The average molecular weight is 519 g/mol. The van der Waals surface area contributed by atoms with E-state index in [0.717, 1.165) is 30.0 Å². The lowest BCUT2D eigenvalue weighted by Gasteiger charge is -2.26. The maximum absolute atomic E-state index is 13.3. The van der Waals surface area contributed by atoms with Crippen molar-refractivity contribution in [2.45, 2.75) is 23.9 Å². The monoisotopic (exact) mass is 518 g/mol. The van der Waals surface area contributed by atoms with Crippen molar-refractivity contribution in [2.24, 2.45) is 4.99 Å². The molecule has 0 radical (unpaired) electrons. The van der Waals surface area contributed by atoms with Crippen molar-refractivity contribution in [1.29, 1.82) is 0 Å². The van der Waals surface area contributed by atoms with E-state index in [0.29, 0.717) is 11.3 Å². The molecule has 0 aromatic heterocycles. The second-order valence-electron chi connectivity index (χ2n) is 7.61. The number of amidine groups is 1. The van der Waals surface area contributed by atoms with Gasteiger partial charge in [-0.1, -0.05) is 41.6 Å². The molecule has 2 saturated heterocycles. The van der Waals surface area contributed by atoms with Crippen LogP contribution < -0.4 is 9.64 Å². The fourth-order valence-electron chi connectivity index (χ4n) is 3.88. The molecule has 4 rings (SSSR count). The first-order valence-corrected chi connectivity index (χ1v) is 12.8. The number of benzene rings is 2. The summed E-state index contributed by atoms with van der Waals surface area (Å²) in [5, 5.41) is -0.349. The lowest BCUT2D eigenvalue weighted by Crippen LogP contribution is -2.38. The SMILES string of the molecule is COc1ccccc1CC(=O)N=C1S[C@H]2CS(=O)(=O)C[C@H]2N1c1cc(C(F)(F)F)ccc1Cl. The Bertz CT molecular complexity index is 1230. The minimum Gasteiger partial charge on any atom is -0.496 e. The predicted octanol–water partition coefficient (Wildman–Crippen LogP) is 4.21. The minimum absolute atomic E-state index is 0.00146. The summed E-state index contributed by atoms with van der Waals surface area (Å²) in [6.45, 7) is 0. The topological polar surface area (TPSA) is 76.0 Å². The van der Waals surface area contributed by atoms with E-state index in [1.54, 1.807) is 24.3 Å². The summed E-state index contributed by atoms with van der Waals surface area (Å²) < 4.78 is 69.7. The van der Waals surface area contributed by atoms with E-state index in [4.69, 9.17) is 16.3 Å². The van der Waals surface area contributed by atoms with Crippen molar-refractivity contribution in [1.82, 2.24) is 0 Å². The fourth-order valence-corrected chi connectivity index (χ4v) is 8.01. The highest BCUT2D eigenvalue weighted by atomic mass is 35.5. The molecule has 2 aliphatic heterocycles. The number of methoxy groups -OCH3 is 1. The Morgan fingerprint density at radius 3 is 2.67 bits per heavy atom. The number of thioether (sulfide) groups is 1. The number of hydrogen-bond acceptors (Lipinski definition) is 5. The van der Waals surface area contributed by atoms with Gasteiger partial charge in [0.15, 0.2) is 15.0 Å². The highest BCUT2D eigenvalue weighted by molar-refractivity contribution is 8.16. The molecule has 0 bridgehead atoms. The first kappa shape index (κ1) is 23.9. The van der Waals surface area contributed by atoms with Gasteiger partial charge in [0.05, 0.1) is 47.4 Å². The van der Waals surface area contributed by atoms with E-state index in [9.17, 15) is 26.4 Å². The minimum atomic E-state index is -4.62. The quantitative estimate of drug-likeness (QED) is 0.603. The Balaban J connectivity index is 1.73. The number of nitrogens with zero attached hydrogens (tertiary/aromatic N) is 2. The molecule has 0 N–H and O–H groups in total. The molecule has 6 nitrogen and oxygen atoms in total. The van der Waals surface area contributed by atoms with Gasteiger partial charge in [-0.3, -0.25) is 4.79 Å². The Hall–Kier alpha value is -2.24. The molecule has 2 atom stereocenters. The molecule has 176 valence electrons. The van der Waals surface area contributed by atoms with Gasteiger partial charge in [-0.15, -0.1) is 0 Å². The normalized spacial score (nSPS) is 23.1. The average Bonchev–Trinajstić information content (AvgIpc) is 3.18. The number of rotatable bonds is 4. The number of alkyl halides is 3. The Morgan fingerprint density at radius 2 is 1.97 bits per heavy atom. The highest BCUT2D eigenvalue weighted by Gasteiger charge is 2.50. The maximum atomic E-state index is 13.3. The molecule has 2 aromatic carbocycles. The molecule has 2 heterocycles. The maximum Gasteiger partial charge on any atom is 0.416 e. The third kappa shape index (κ3) is 4.99. The van der Waals surface area contributed by atoms with Crippen LogP contribution in [-0.2, 0) is 27.2 Å². The zero-order valence-electron chi connectivity index (χ0n) is 17.2. The molecule has 2 aliphatic rings. The van der Waals surface area contributed by atoms with Crippen LogP contribution in [0.5, 0.6) is 5.75 Å². The van der Waals surface area contributed by atoms with Gasteiger partial charge in [0.2, 0.25) is 0 Å². The zero-order valence-corrected chi connectivity index (χ0v) is 19.6. The molecule has 0 unspecified atom stereocenters.